The lowest BCUT2D eigenvalue weighted by Gasteiger charge is -2.32. The number of benzene rings is 1. The van der Waals surface area contributed by atoms with Crippen molar-refractivity contribution in [1.29, 1.82) is 0 Å². The van der Waals surface area contributed by atoms with Crippen LogP contribution in [-0.2, 0) is 0 Å². The molecule has 1 N–H and O–H groups in total. The largest absolute Gasteiger partial charge is 0.356 e. The quantitative estimate of drug-likeness (QED) is 0.834. The van der Waals surface area contributed by atoms with Crippen LogP contribution in [0.1, 0.15) is 50.5 Å². The van der Waals surface area contributed by atoms with Crippen molar-refractivity contribution in [2.75, 3.05) is 24.5 Å². The molecule has 144 valence electrons. The highest BCUT2D eigenvalue weighted by Crippen LogP contribution is 2.24. The van der Waals surface area contributed by atoms with Crippen molar-refractivity contribution in [3.63, 3.8) is 0 Å². The van der Waals surface area contributed by atoms with Gasteiger partial charge in [0.05, 0.1) is 0 Å². The van der Waals surface area contributed by atoms with E-state index < -0.39 is 0 Å². The molecule has 1 unspecified atom stereocenters. The van der Waals surface area contributed by atoms with E-state index in [1.165, 1.54) is 6.42 Å². The van der Waals surface area contributed by atoms with Crippen LogP contribution >= 0.6 is 0 Å². The van der Waals surface area contributed by atoms with Gasteiger partial charge in [-0.1, -0.05) is 51.1 Å². The molecule has 0 saturated carbocycles. The minimum atomic E-state index is -0.124. The molecule has 27 heavy (non-hydrogen) atoms. The summed E-state index contributed by atoms with van der Waals surface area (Å²) in [5.74, 6) is 2.53. The van der Waals surface area contributed by atoms with Gasteiger partial charge in [-0.05, 0) is 31.1 Å². The van der Waals surface area contributed by atoms with Crippen molar-refractivity contribution in [3.8, 4) is 11.4 Å². The second-order valence-electron chi connectivity index (χ2n) is 7.93. The maximum absolute atomic E-state index is 12.7. The predicted molar refractivity (Wildman–Crippen MR) is 110 cm³/mol. The first-order chi connectivity index (χ1) is 13.0. The number of aromatic nitrogens is 2. The number of hydrogen-bond donors (Lipinski definition) is 1. The predicted octanol–water partition coefficient (Wildman–Crippen LogP) is 4.16. The first kappa shape index (κ1) is 19.3. The van der Waals surface area contributed by atoms with E-state index in [9.17, 15) is 4.79 Å². The van der Waals surface area contributed by atoms with Crippen LogP contribution in [0.5, 0.6) is 0 Å². The number of rotatable bonds is 6. The van der Waals surface area contributed by atoms with Crippen molar-refractivity contribution in [1.82, 2.24) is 15.3 Å². The number of carbonyl (C=O) groups is 1. The van der Waals surface area contributed by atoms with Crippen molar-refractivity contribution < 1.29 is 4.79 Å². The smallest absolute Gasteiger partial charge is 0.270 e. The molecule has 1 aromatic carbocycles. The van der Waals surface area contributed by atoms with Gasteiger partial charge in [-0.3, -0.25) is 4.79 Å². The van der Waals surface area contributed by atoms with Crippen LogP contribution < -0.4 is 10.2 Å². The lowest BCUT2D eigenvalue weighted by atomic mass is 10.0. The molecule has 1 aliphatic rings. The topological polar surface area (TPSA) is 58.1 Å². The second kappa shape index (κ2) is 8.98. The highest BCUT2D eigenvalue weighted by molar-refractivity contribution is 5.93. The molecule has 1 aliphatic heterocycles. The standard InChI is InChI=1S/C22H30N4O/c1-16(2)11-12-23-22(27)19-14-20(26-13-7-8-17(3)15-26)25-21(24-19)18-9-5-4-6-10-18/h4-6,9-10,14,16-17H,7-8,11-13,15H2,1-3H3,(H,23,27). The van der Waals surface area contributed by atoms with Crippen molar-refractivity contribution in [3.05, 3.63) is 42.1 Å². The van der Waals surface area contributed by atoms with Crippen LogP contribution in [0, 0.1) is 11.8 Å². The van der Waals surface area contributed by atoms with E-state index in [0.717, 1.165) is 37.3 Å². The van der Waals surface area contributed by atoms with Gasteiger partial charge in [0.25, 0.3) is 5.91 Å². The molecule has 0 aliphatic carbocycles. The Morgan fingerprint density at radius 2 is 2.04 bits per heavy atom. The zero-order valence-electron chi connectivity index (χ0n) is 16.6. The second-order valence-corrected chi connectivity index (χ2v) is 7.93. The molecule has 2 aromatic rings. The third kappa shape index (κ3) is 5.28. The first-order valence-corrected chi connectivity index (χ1v) is 10.0. The summed E-state index contributed by atoms with van der Waals surface area (Å²) >= 11 is 0. The van der Waals surface area contributed by atoms with Crippen LogP contribution in [-0.4, -0.2) is 35.5 Å². The summed E-state index contributed by atoms with van der Waals surface area (Å²) in [6.07, 6.45) is 3.36. The van der Waals surface area contributed by atoms with E-state index in [-0.39, 0.29) is 5.91 Å². The number of hydrogen-bond acceptors (Lipinski definition) is 4. The third-order valence-corrected chi connectivity index (χ3v) is 4.97. The average molecular weight is 367 g/mol. The summed E-state index contributed by atoms with van der Waals surface area (Å²) in [7, 11) is 0. The van der Waals surface area contributed by atoms with Crippen LogP contribution in [0.2, 0.25) is 0 Å². The molecule has 1 atom stereocenters. The molecular weight excluding hydrogens is 336 g/mol. The van der Waals surface area contributed by atoms with Gasteiger partial charge in [0, 0.05) is 31.3 Å². The molecule has 0 spiro atoms. The van der Waals surface area contributed by atoms with Gasteiger partial charge in [-0.25, -0.2) is 9.97 Å². The van der Waals surface area contributed by atoms with Gasteiger partial charge in [-0.2, -0.15) is 0 Å². The average Bonchev–Trinajstić information content (AvgIpc) is 2.68. The SMILES string of the molecule is CC(C)CCNC(=O)c1cc(N2CCCC(C)C2)nc(-c2ccccc2)n1. The zero-order valence-corrected chi connectivity index (χ0v) is 16.6. The fourth-order valence-corrected chi connectivity index (χ4v) is 3.39. The number of carbonyl (C=O) groups excluding carboxylic acids is 1. The van der Waals surface area contributed by atoms with Crippen molar-refractivity contribution >= 4 is 11.7 Å². The summed E-state index contributed by atoms with van der Waals surface area (Å²) in [6, 6.07) is 11.7. The lowest BCUT2D eigenvalue weighted by Crippen LogP contribution is -2.35. The van der Waals surface area contributed by atoms with E-state index in [2.05, 4.69) is 36.0 Å². The van der Waals surface area contributed by atoms with Gasteiger partial charge >= 0.3 is 0 Å². The molecule has 1 amide bonds. The zero-order chi connectivity index (χ0) is 19.2. The maximum atomic E-state index is 12.7. The highest BCUT2D eigenvalue weighted by Gasteiger charge is 2.21. The molecule has 1 fully saturated rings. The molecule has 1 aromatic heterocycles. The minimum Gasteiger partial charge on any atom is -0.356 e. The summed E-state index contributed by atoms with van der Waals surface area (Å²) in [5.41, 5.74) is 1.38. The van der Waals surface area contributed by atoms with Crippen molar-refractivity contribution in [2.24, 2.45) is 11.8 Å². The summed E-state index contributed by atoms with van der Waals surface area (Å²) in [6.45, 7) is 9.19. The Morgan fingerprint density at radius 3 is 2.74 bits per heavy atom. The molecule has 5 heteroatoms. The van der Waals surface area contributed by atoms with E-state index in [1.54, 1.807) is 0 Å². The Morgan fingerprint density at radius 1 is 1.26 bits per heavy atom. The summed E-state index contributed by atoms with van der Waals surface area (Å²) < 4.78 is 0. The highest BCUT2D eigenvalue weighted by atomic mass is 16.1. The number of anilines is 1. The third-order valence-electron chi connectivity index (χ3n) is 4.97. The van der Waals surface area contributed by atoms with Gasteiger partial charge in [0.15, 0.2) is 5.82 Å². The van der Waals surface area contributed by atoms with Crippen LogP contribution in [0.15, 0.2) is 36.4 Å². The van der Waals surface area contributed by atoms with E-state index in [0.29, 0.717) is 29.9 Å². The molecular formula is C22H30N4O. The monoisotopic (exact) mass is 366 g/mol. The van der Waals surface area contributed by atoms with Crippen LogP contribution in [0.25, 0.3) is 11.4 Å². The minimum absolute atomic E-state index is 0.124. The van der Waals surface area contributed by atoms with Gasteiger partial charge < -0.3 is 10.2 Å². The maximum Gasteiger partial charge on any atom is 0.270 e. The molecule has 0 bridgehead atoms. The molecule has 3 rings (SSSR count). The number of nitrogens with zero attached hydrogens (tertiary/aromatic N) is 3. The lowest BCUT2D eigenvalue weighted by molar-refractivity contribution is 0.0947. The number of amides is 1. The normalized spacial score (nSPS) is 17.2. The van der Waals surface area contributed by atoms with Crippen molar-refractivity contribution in [2.45, 2.75) is 40.0 Å². The van der Waals surface area contributed by atoms with Crippen LogP contribution in [0.3, 0.4) is 0 Å². The molecule has 0 radical (unpaired) electrons. The van der Waals surface area contributed by atoms with Gasteiger partial charge in [-0.15, -0.1) is 0 Å². The first-order valence-electron chi connectivity index (χ1n) is 10.0. The van der Waals surface area contributed by atoms with Gasteiger partial charge in [0.2, 0.25) is 0 Å². The fourth-order valence-electron chi connectivity index (χ4n) is 3.39. The Kier molecular flexibility index (Phi) is 6.43. The fraction of sp³-hybridized carbons (Fsp3) is 0.500. The number of piperidine rings is 1. The summed E-state index contributed by atoms with van der Waals surface area (Å²) in [4.78, 5) is 24.3. The Labute approximate surface area is 162 Å². The Balaban J connectivity index is 1.89. The van der Waals surface area contributed by atoms with Crippen LogP contribution in [0.4, 0.5) is 5.82 Å². The molecule has 1 saturated heterocycles. The Hall–Kier alpha value is -2.43. The molecule has 2 heterocycles. The molecule has 5 nitrogen and oxygen atoms in total. The summed E-state index contributed by atoms with van der Waals surface area (Å²) in [5, 5.41) is 3.00. The van der Waals surface area contributed by atoms with E-state index in [4.69, 9.17) is 4.98 Å². The van der Waals surface area contributed by atoms with E-state index in [1.807, 2.05) is 36.4 Å². The number of nitrogens with one attached hydrogen (secondary N) is 1. The van der Waals surface area contributed by atoms with Gasteiger partial charge in [0.1, 0.15) is 11.5 Å². The Bertz CT molecular complexity index is 760. The van der Waals surface area contributed by atoms with E-state index >= 15 is 0 Å².